The fourth-order valence-corrected chi connectivity index (χ4v) is 2.79. The van der Waals surface area contributed by atoms with Crippen molar-refractivity contribution in [3.63, 3.8) is 0 Å². The third-order valence-electron chi connectivity index (χ3n) is 3.30. The largest absolute Gasteiger partial charge is 0.391 e. The molecule has 1 aromatic carbocycles. The van der Waals surface area contributed by atoms with E-state index in [-0.39, 0.29) is 35.5 Å². The minimum Gasteiger partial charge on any atom is -0.391 e. The van der Waals surface area contributed by atoms with E-state index in [1.807, 2.05) is 0 Å². The van der Waals surface area contributed by atoms with E-state index in [1.54, 1.807) is 18.2 Å². The predicted octanol–water partition coefficient (Wildman–Crippen LogP) is -0.210. The summed E-state index contributed by atoms with van der Waals surface area (Å²) in [5.74, 6) is -0.412. The molecule has 1 fully saturated rings. The van der Waals surface area contributed by atoms with Gasteiger partial charge in [-0.05, 0) is 12.1 Å². The summed E-state index contributed by atoms with van der Waals surface area (Å²) < 4.78 is 24.9. The number of nitrogens with one attached hydrogen (secondary N) is 3. The Labute approximate surface area is 135 Å². The van der Waals surface area contributed by atoms with Crippen molar-refractivity contribution >= 4 is 34.0 Å². The molecule has 7 nitrogen and oxygen atoms in total. The molecule has 124 valence electrons. The minimum atomic E-state index is -3.45. The SMILES string of the molecule is CS(=O)(=O)Nc1ccccc1C(=O)NCC1CNCC1O.Cl. The lowest BCUT2D eigenvalue weighted by atomic mass is 10.1. The lowest BCUT2D eigenvalue weighted by molar-refractivity contribution is 0.0928. The van der Waals surface area contributed by atoms with Crippen LogP contribution in [0, 0.1) is 5.92 Å². The number of aliphatic hydroxyl groups excluding tert-OH is 1. The highest BCUT2D eigenvalue weighted by atomic mass is 35.5. The molecule has 0 radical (unpaired) electrons. The number of para-hydroxylation sites is 1. The van der Waals surface area contributed by atoms with Gasteiger partial charge in [0.25, 0.3) is 5.91 Å². The van der Waals surface area contributed by atoms with E-state index >= 15 is 0 Å². The van der Waals surface area contributed by atoms with Crippen molar-refractivity contribution in [3.8, 4) is 0 Å². The second-order valence-electron chi connectivity index (χ2n) is 5.12. The maximum absolute atomic E-state index is 12.2. The molecule has 4 N–H and O–H groups in total. The van der Waals surface area contributed by atoms with Gasteiger partial charge in [-0.3, -0.25) is 9.52 Å². The lowest BCUT2D eigenvalue weighted by Gasteiger charge is -2.15. The van der Waals surface area contributed by atoms with Crippen LogP contribution in [0.25, 0.3) is 0 Å². The first kappa shape index (κ1) is 18.7. The Bertz CT molecular complexity index is 623. The number of carbonyl (C=O) groups excluding carboxylic acids is 1. The van der Waals surface area contributed by atoms with Gasteiger partial charge in [0.05, 0.1) is 23.6 Å². The van der Waals surface area contributed by atoms with E-state index in [2.05, 4.69) is 15.4 Å². The number of β-amino-alcohol motifs (C(OH)–C–C–N with tert-alkyl or cyclic N) is 1. The molecule has 1 aromatic rings. The quantitative estimate of drug-likeness (QED) is 0.588. The van der Waals surface area contributed by atoms with Crippen molar-refractivity contribution in [2.24, 2.45) is 5.92 Å². The van der Waals surface area contributed by atoms with Crippen molar-refractivity contribution in [2.45, 2.75) is 6.10 Å². The van der Waals surface area contributed by atoms with Crippen molar-refractivity contribution < 1.29 is 18.3 Å². The number of sulfonamides is 1. The van der Waals surface area contributed by atoms with Gasteiger partial charge in [-0.25, -0.2) is 8.42 Å². The number of anilines is 1. The van der Waals surface area contributed by atoms with E-state index in [1.165, 1.54) is 6.07 Å². The van der Waals surface area contributed by atoms with Crippen LogP contribution in [-0.4, -0.2) is 51.4 Å². The zero-order valence-electron chi connectivity index (χ0n) is 12.1. The smallest absolute Gasteiger partial charge is 0.253 e. The number of hydrogen-bond donors (Lipinski definition) is 4. The molecule has 1 saturated heterocycles. The molecule has 0 spiro atoms. The Morgan fingerprint density at radius 1 is 1.36 bits per heavy atom. The molecular formula is C13H20ClN3O4S. The molecule has 1 aliphatic heterocycles. The van der Waals surface area contributed by atoms with Crippen LogP contribution in [0.1, 0.15) is 10.4 Å². The highest BCUT2D eigenvalue weighted by molar-refractivity contribution is 7.92. The number of rotatable bonds is 5. The maximum atomic E-state index is 12.2. The number of carbonyl (C=O) groups is 1. The van der Waals surface area contributed by atoms with Gasteiger partial charge >= 0.3 is 0 Å². The highest BCUT2D eigenvalue weighted by Gasteiger charge is 2.25. The van der Waals surface area contributed by atoms with Gasteiger partial charge in [0.1, 0.15) is 0 Å². The van der Waals surface area contributed by atoms with Gasteiger partial charge in [-0.15, -0.1) is 12.4 Å². The van der Waals surface area contributed by atoms with Gasteiger partial charge in [0.2, 0.25) is 10.0 Å². The maximum Gasteiger partial charge on any atom is 0.253 e. The van der Waals surface area contributed by atoms with Gasteiger partial charge in [0.15, 0.2) is 0 Å². The summed E-state index contributed by atoms with van der Waals surface area (Å²) in [5, 5.41) is 15.4. The van der Waals surface area contributed by atoms with Crippen LogP contribution in [0.2, 0.25) is 0 Å². The summed E-state index contributed by atoms with van der Waals surface area (Å²) in [4.78, 5) is 12.2. The van der Waals surface area contributed by atoms with Crippen molar-refractivity contribution in [3.05, 3.63) is 29.8 Å². The van der Waals surface area contributed by atoms with Crippen LogP contribution < -0.4 is 15.4 Å². The number of benzene rings is 1. The van der Waals surface area contributed by atoms with Crippen molar-refractivity contribution in [1.29, 1.82) is 0 Å². The molecule has 9 heteroatoms. The van der Waals surface area contributed by atoms with Crippen LogP contribution in [0.15, 0.2) is 24.3 Å². The molecular weight excluding hydrogens is 330 g/mol. The first-order chi connectivity index (χ1) is 9.87. The molecule has 1 amide bonds. The molecule has 0 aliphatic carbocycles. The third-order valence-corrected chi connectivity index (χ3v) is 3.89. The summed E-state index contributed by atoms with van der Waals surface area (Å²) in [5.41, 5.74) is 0.492. The molecule has 1 heterocycles. The number of amides is 1. The van der Waals surface area contributed by atoms with Gasteiger partial charge in [0, 0.05) is 25.6 Å². The zero-order chi connectivity index (χ0) is 15.5. The van der Waals surface area contributed by atoms with Crippen LogP contribution in [-0.2, 0) is 10.0 Å². The Morgan fingerprint density at radius 2 is 2.05 bits per heavy atom. The minimum absolute atomic E-state index is 0. The average Bonchev–Trinajstić information content (AvgIpc) is 2.80. The summed E-state index contributed by atoms with van der Waals surface area (Å²) in [7, 11) is -3.45. The van der Waals surface area contributed by atoms with Gasteiger partial charge < -0.3 is 15.7 Å². The van der Waals surface area contributed by atoms with Crippen LogP contribution in [0.5, 0.6) is 0 Å². The molecule has 0 bridgehead atoms. The molecule has 2 rings (SSSR count). The summed E-state index contributed by atoms with van der Waals surface area (Å²) in [6.45, 7) is 1.50. The normalized spacial score (nSPS) is 21.0. The molecule has 2 unspecified atom stereocenters. The van der Waals surface area contributed by atoms with Gasteiger partial charge in [-0.1, -0.05) is 12.1 Å². The lowest BCUT2D eigenvalue weighted by Crippen LogP contribution is -2.34. The van der Waals surface area contributed by atoms with Crippen molar-refractivity contribution in [2.75, 3.05) is 30.6 Å². The molecule has 0 saturated carbocycles. The fraction of sp³-hybridized carbons (Fsp3) is 0.462. The highest BCUT2D eigenvalue weighted by Crippen LogP contribution is 2.16. The first-order valence-corrected chi connectivity index (χ1v) is 8.50. The summed E-state index contributed by atoms with van der Waals surface area (Å²) in [6.07, 6.45) is 0.553. The third kappa shape index (κ3) is 5.13. The predicted molar refractivity (Wildman–Crippen MR) is 86.9 cm³/mol. The van der Waals surface area contributed by atoms with Crippen molar-refractivity contribution in [1.82, 2.24) is 10.6 Å². The van der Waals surface area contributed by atoms with E-state index in [9.17, 15) is 18.3 Å². The Morgan fingerprint density at radius 3 is 2.64 bits per heavy atom. The zero-order valence-corrected chi connectivity index (χ0v) is 13.7. The van der Waals surface area contributed by atoms with Gasteiger partial charge in [-0.2, -0.15) is 0 Å². The Balaban J connectivity index is 0.00000242. The summed E-state index contributed by atoms with van der Waals surface area (Å²) in [6, 6.07) is 6.39. The number of aliphatic hydroxyl groups is 1. The molecule has 2 atom stereocenters. The van der Waals surface area contributed by atoms with Crippen LogP contribution in [0.3, 0.4) is 0 Å². The van der Waals surface area contributed by atoms with Crippen LogP contribution in [0.4, 0.5) is 5.69 Å². The number of halogens is 1. The fourth-order valence-electron chi connectivity index (χ4n) is 2.22. The molecule has 22 heavy (non-hydrogen) atoms. The Kier molecular flexibility index (Phi) is 6.61. The number of hydrogen-bond acceptors (Lipinski definition) is 5. The van der Waals surface area contributed by atoms with E-state index in [4.69, 9.17) is 0 Å². The Hall–Kier alpha value is -1.35. The second-order valence-corrected chi connectivity index (χ2v) is 6.86. The monoisotopic (exact) mass is 349 g/mol. The average molecular weight is 350 g/mol. The van der Waals surface area contributed by atoms with E-state index in [0.29, 0.717) is 19.6 Å². The van der Waals surface area contributed by atoms with E-state index in [0.717, 1.165) is 6.26 Å². The first-order valence-electron chi connectivity index (χ1n) is 6.60. The topological polar surface area (TPSA) is 108 Å². The van der Waals surface area contributed by atoms with Crippen LogP contribution >= 0.6 is 12.4 Å². The van der Waals surface area contributed by atoms with E-state index < -0.39 is 16.1 Å². The summed E-state index contributed by atoms with van der Waals surface area (Å²) >= 11 is 0. The molecule has 0 aromatic heterocycles. The standard InChI is InChI=1S/C13H19N3O4S.ClH/c1-21(19,20)16-11-5-3-2-4-10(11)13(18)15-7-9-6-14-8-12(9)17;/h2-5,9,12,14,16-17H,6-8H2,1H3,(H,15,18);1H. The molecule has 1 aliphatic rings. The second kappa shape index (κ2) is 7.77.